The molecule has 1 aliphatic carbocycles. The Kier molecular flexibility index (Phi) is 4.26. The van der Waals surface area contributed by atoms with E-state index in [1.54, 1.807) is 6.20 Å². The van der Waals surface area contributed by atoms with Gasteiger partial charge < -0.3 is 15.1 Å². The van der Waals surface area contributed by atoms with Crippen LogP contribution >= 0.6 is 0 Å². The Balaban J connectivity index is 1.26. The number of aryl methyl sites for hydroxylation is 1. The van der Waals surface area contributed by atoms with Gasteiger partial charge in [-0.05, 0) is 30.5 Å². The van der Waals surface area contributed by atoms with E-state index in [-0.39, 0.29) is 6.03 Å². The van der Waals surface area contributed by atoms with Crippen molar-refractivity contribution in [3.05, 3.63) is 53.5 Å². The molecule has 1 N–H and O–H groups in total. The summed E-state index contributed by atoms with van der Waals surface area (Å²) < 4.78 is 0. The van der Waals surface area contributed by atoms with E-state index in [0.29, 0.717) is 5.92 Å². The number of piperazine rings is 1. The van der Waals surface area contributed by atoms with Crippen LogP contribution in [0.2, 0.25) is 0 Å². The lowest BCUT2D eigenvalue weighted by molar-refractivity contribution is 0.193. The fourth-order valence-corrected chi connectivity index (χ4v) is 3.63. The lowest BCUT2D eigenvalue weighted by Crippen LogP contribution is -2.52. The van der Waals surface area contributed by atoms with Crippen molar-refractivity contribution >= 4 is 11.8 Å². The highest BCUT2D eigenvalue weighted by Gasteiger charge is 2.27. The van der Waals surface area contributed by atoms with Crippen molar-refractivity contribution in [3.63, 3.8) is 0 Å². The molecular weight excluding hydrogens is 314 g/mol. The maximum absolute atomic E-state index is 12.4. The van der Waals surface area contributed by atoms with Crippen LogP contribution in [0.15, 0.2) is 36.5 Å². The molecule has 1 aromatic heterocycles. The summed E-state index contributed by atoms with van der Waals surface area (Å²) in [6.45, 7) is 5.66. The third-order valence-electron chi connectivity index (χ3n) is 5.11. The molecule has 0 spiro atoms. The van der Waals surface area contributed by atoms with Crippen LogP contribution in [0.25, 0.3) is 0 Å². The lowest BCUT2D eigenvalue weighted by Gasteiger charge is -2.36. The zero-order valence-corrected chi connectivity index (χ0v) is 14.5. The van der Waals surface area contributed by atoms with E-state index in [2.05, 4.69) is 44.5 Å². The molecule has 6 heteroatoms. The first kappa shape index (κ1) is 15.9. The highest BCUT2D eigenvalue weighted by atomic mass is 16.2. The van der Waals surface area contributed by atoms with Crippen LogP contribution in [0.5, 0.6) is 0 Å². The van der Waals surface area contributed by atoms with Gasteiger partial charge in [0, 0.05) is 44.8 Å². The number of carbonyl (C=O) groups excluding carboxylic acids is 1. The zero-order valence-electron chi connectivity index (χ0n) is 14.5. The Morgan fingerprint density at radius 3 is 2.76 bits per heavy atom. The Labute approximate surface area is 147 Å². The van der Waals surface area contributed by atoms with Gasteiger partial charge >= 0.3 is 6.03 Å². The number of aromatic nitrogens is 2. The minimum atomic E-state index is 0.0444. The first-order valence-corrected chi connectivity index (χ1v) is 8.86. The van der Waals surface area contributed by atoms with Crippen molar-refractivity contribution in [2.75, 3.05) is 37.6 Å². The van der Waals surface area contributed by atoms with Gasteiger partial charge in [-0.3, -0.25) is 0 Å². The molecule has 1 fully saturated rings. The zero-order chi connectivity index (χ0) is 17.2. The van der Waals surface area contributed by atoms with Crippen LogP contribution in [0.1, 0.15) is 22.9 Å². The van der Waals surface area contributed by atoms with E-state index in [4.69, 9.17) is 0 Å². The highest BCUT2D eigenvalue weighted by Crippen LogP contribution is 2.34. The molecule has 0 saturated carbocycles. The molecule has 1 aliphatic heterocycles. The van der Waals surface area contributed by atoms with E-state index < -0.39 is 0 Å². The molecule has 25 heavy (non-hydrogen) atoms. The number of hydrogen-bond donors (Lipinski definition) is 1. The third kappa shape index (κ3) is 3.29. The van der Waals surface area contributed by atoms with Gasteiger partial charge in [0.25, 0.3) is 0 Å². The number of hydrogen-bond acceptors (Lipinski definition) is 4. The Hall–Kier alpha value is -2.63. The Morgan fingerprint density at radius 1 is 1.20 bits per heavy atom. The second kappa shape index (κ2) is 6.70. The van der Waals surface area contributed by atoms with E-state index in [1.165, 1.54) is 11.1 Å². The molecule has 0 unspecified atom stereocenters. The summed E-state index contributed by atoms with van der Waals surface area (Å²) in [6.07, 6.45) is 2.85. The number of nitrogens with zero attached hydrogens (tertiary/aromatic N) is 4. The number of carbonyl (C=O) groups is 1. The van der Waals surface area contributed by atoms with Gasteiger partial charge in [0.05, 0.1) is 0 Å². The maximum atomic E-state index is 12.4. The minimum Gasteiger partial charge on any atom is -0.353 e. The van der Waals surface area contributed by atoms with Crippen molar-refractivity contribution < 1.29 is 4.79 Å². The fourth-order valence-electron chi connectivity index (χ4n) is 3.63. The molecule has 2 aromatic rings. The number of fused-ring (bicyclic) bond motifs is 1. The van der Waals surface area contributed by atoms with Crippen LogP contribution in [-0.4, -0.2) is 53.6 Å². The van der Waals surface area contributed by atoms with Crippen LogP contribution < -0.4 is 10.2 Å². The van der Waals surface area contributed by atoms with Crippen LogP contribution in [-0.2, 0) is 6.42 Å². The van der Waals surface area contributed by atoms with Gasteiger partial charge in [0.1, 0.15) is 11.6 Å². The van der Waals surface area contributed by atoms with Crippen molar-refractivity contribution in [2.24, 2.45) is 0 Å². The first-order chi connectivity index (χ1) is 12.2. The summed E-state index contributed by atoms with van der Waals surface area (Å²) in [5.74, 6) is 2.18. The smallest absolute Gasteiger partial charge is 0.317 e. The number of urea groups is 1. The van der Waals surface area contributed by atoms with E-state index in [1.807, 2.05) is 17.9 Å². The van der Waals surface area contributed by atoms with Crippen LogP contribution in [0.3, 0.4) is 0 Å². The monoisotopic (exact) mass is 337 g/mol. The molecule has 1 aromatic carbocycles. The number of nitrogens with one attached hydrogen (secondary N) is 1. The second-order valence-corrected chi connectivity index (χ2v) is 6.72. The molecule has 4 rings (SSSR count). The Morgan fingerprint density at radius 2 is 2.00 bits per heavy atom. The maximum Gasteiger partial charge on any atom is 0.317 e. The predicted octanol–water partition coefficient (Wildman–Crippen LogP) is 1.96. The van der Waals surface area contributed by atoms with E-state index in [0.717, 1.165) is 50.8 Å². The molecule has 6 nitrogen and oxygen atoms in total. The first-order valence-electron chi connectivity index (χ1n) is 8.86. The van der Waals surface area contributed by atoms with Gasteiger partial charge in [-0.1, -0.05) is 24.3 Å². The normalized spacial score (nSPS) is 19.2. The summed E-state index contributed by atoms with van der Waals surface area (Å²) in [5, 5.41) is 3.10. The molecule has 0 radical (unpaired) electrons. The van der Waals surface area contributed by atoms with Gasteiger partial charge in [-0.15, -0.1) is 0 Å². The highest BCUT2D eigenvalue weighted by molar-refractivity contribution is 5.74. The number of amides is 2. The summed E-state index contributed by atoms with van der Waals surface area (Å²) >= 11 is 0. The van der Waals surface area contributed by atoms with E-state index >= 15 is 0 Å². The quantitative estimate of drug-likeness (QED) is 0.930. The molecule has 2 aliphatic rings. The topological polar surface area (TPSA) is 61.4 Å². The molecule has 0 bridgehead atoms. The number of benzene rings is 1. The number of anilines is 1. The Bertz CT molecular complexity index is 770. The van der Waals surface area contributed by atoms with Gasteiger partial charge in [0.15, 0.2) is 0 Å². The summed E-state index contributed by atoms with van der Waals surface area (Å²) in [4.78, 5) is 25.1. The van der Waals surface area contributed by atoms with Gasteiger partial charge in [-0.25, -0.2) is 14.8 Å². The minimum absolute atomic E-state index is 0.0444. The molecule has 130 valence electrons. The third-order valence-corrected chi connectivity index (χ3v) is 5.11. The van der Waals surface area contributed by atoms with Crippen LogP contribution in [0.4, 0.5) is 10.6 Å². The summed E-state index contributed by atoms with van der Waals surface area (Å²) in [5.41, 5.74) is 2.79. The van der Waals surface area contributed by atoms with Crippen molar-refractivity contribution in [1.82, 2.24) is 20.2 Å². The van der Waals surface area contributed by atoms with Gasteiger partial charge in [0.2, 0.25) is 0 Å². The summed E-state index contributed by atoms with van der Waals surface area (Å²) in [7, 11) is 0. The molecular formula is C19H23N5O. The fraction of sp³-hybridized carbons (Fsp3) is 0.421. The van der Waals surface area contributed by atoms with Crippen molar-refractivity contribution in [1.29, 1.82) is 0 Å². The average Bonchev–Trinajstić information content (AvgIpc) is 2.62. The SMILES string of the molecule is Cc1nccc(N2CCN(C(=O)NC[C@@H]3Cc4ccccc43)CC2)n1. The van der Waals surface area contributed by atoms with Crippen molar-refractivity contribution in [3.8, 4) is 0 Å². The summed E-state index contributed by atoms with van der Waals surface area (Å²) in [6, 6.07) is 10.5. The van der Waals surface area contributed by atoms with Crippen LogP contribution in [0, 0.1) is 6.92 Å². The molecule has 1 saturated heterocycles. The molecule has 1 atom stereocenters. The predicted molar refractivity (Wildman–Crippen MR) is 96.8 cm³/mol. The molecule has 2 heterocycles. The largest absolute Gasteiger partial charge is 0.353 e. The standard InChI is InChI=1S/C19H23N5O/c1-14-20-7-6-18(22-14)23-8-10-24(11-9-23)19(25)21-13-16-12-15-4-2-3-5-17(15)16/h2-7,16H,8-13H2,1H3,(H,21,25)/t16-/m0/s1. The number of rotatable bonds is 3. The van der Waals surface area contributed by atoms with E-state index in [9.17, 15) is 4.79 Å². The van der Waals surface area contributed by atoms with Crippen molar-refractivity contribution in [2.45, 2.75) is 19.3 Å². The lowest BCUT2D eigenvalue weighted by atomic mass is 9.78. The molecule has 2 amide bonds. The average molecular weight is 337 g/mol. The second-order valence-electron chi connectivity index (χ2n) is 6.72. The van der Waals surface area contributed by atoms with Gasteiger partial charge in [-0.2, -0.15) is 0 Å².